The number of pyridine rings is 2. The Morgan fingerprint density at radius 3 is 2.85 bits per heavy atom. The van der Waals surface area contributed by atoms with Crippen molar-refractivity contribution in [1.82, 2.24) is 19.9 Å². The number of hydrogen-bond donors (Lipinski definition) is 1. The molecule has 1 atom stereocenters. The fourth-order valence-electron chi connectivity index (χ4n) is 5.72. The third-order valence-electron chi connectivity index (χ3n) is 7.45. The highest BCUT2D eigenvalue weighted by Crippen LogP contribution is 2.40. The number of piperidine rings is 1. The van der Waals surface area contributed by atoms with Crippen LogP contribution in [0.2, 0.25) is 0 Å². The van der Waals surface area contributed by atoms with Crippen molar-refractivity contribution in [3.63, 3.8) is 0 Å². The van der Waals surface area contributed by atoms with Gasteiger partial charge in [-0.15, -0.1) is 0 Å². The number of Topliss-reactive ketones (excluding diaryl/α,β-unsaturated/α-hetero) is 1. The lowest BCUT2D eigenvalue weighted by molar-refractivity contribution is -0.126. The standard InChI is InChI=1S/C27H36N4O2/c1-18(2)17-33-21-4-3-13-31(15-21)16-25(32)20-7-5-19(6-8-20)22-9-11-28-24-14-30-27-23(26(22)24)10-12-29-27/h9-12,14,18-21H,3-8,13,15-17H2,1-2H3,(H,29,30). The largest absolute Gasteiger partial charge is 0.377 e. The molecule has 4 heterocycles. The molecule has 1 aliphatic heterocycles. The molecule has 1 aliphatic carbocycles. The Bertz CT molecular complexity index is 1100. The number of nitrogens with zero attached hydrogens (tertiary/aromatic N) is 3. The first-order chi connectivity index (χ1) is 16.1. The van der Waals surface area contributed by atoms with Crippen molar-refractivity contribution >= 4 is 27.7 Å². The topological polar surface area (TPSA) is 71.1 Å². The summed E-state index contributed by atoms with van der Waals surface area (Å²) >= 11 is 0. The van der Waals surface area contributed by atoms with Gasteiger partial charge in [-0.3, -0.25) is 14.7 Å². The average Bonchev–Trinajstić information content (AvgIpc) is 3.32. The number of fused-ring (bicyclic) bond motifs is 3. The van der Waals surface area contributed by atoms with Crippen molar-refractivity contribution in [2.24, 2.45) is 11.8 Å². The number of ether oxygens (including phenoxy) is 1. The minimum absolute atomic E-state index is 0.195. The van der Waals surface area contributed by atoms with Crippen LogP contribution in [0.25, 0.3) is 21.9 Å². The van der Waals surface area contributed by atoms with E-state index in [2.05, 4.69) is 45.8 Å². The van der Waals surface area contributed by atoms with Crippen LogP contribution < -0.4 is 0 Å². The second kappa shape index (κ2) is 9.90. The summed E-state index contributed by atoms with van der Waals surface area (Å²) in [5.74, 6) is 1.65. The molecule has 1 saturated heterocycles. The van der Waals surface area contributed by atoms with Crippen LogP contribution in [0, 0.1) is 11.8 Å². The highest BCUT2D eigenvalue weighted by Gasteiger charge is 2.30. The van der Waals surface area contributed by atoms with Crippen molar-refractivity contribution in [3.05, 3.63) is 36.3 Å². The Balaban J connectivity index is 1.20. The number of likely N-dealkylation sites (tertiary alicyclic amines) is 1. The molecule has 6 nitrogen and oxygen atoms in total. The van der Waals surface area contributed by atoms with Gasteiger partial charge in [-0.2, -0.15) is 0 Å². The van der Waals surface area contributed by atoms with Gasteiger partial charge >= 0.3 is 0 Å². The van der Waals surface area contributed by atoms with E-state index in [1.54, 1.807) is 0 Å². The number of hydrogen-bond acceptors (Lipinski definition) is 5. The molecule has 0 bridgehead atoms. The predicted octanol–water partition coefficient (Wildman–Crippen LogP) is 5.09. The van der Waals surface area contributed by atoms with Gasteiger partial charge in [0.2, 0.25) is 0 Å². The smallest absolute Gasteiger partial charge is 0.149 e. The van der Waals surface area contributed by atoms with E-state index in [1.807, 2.05) is 18.6 Å². The number of carbonyl (C=O) groups is 1. The molecule has 2 aliphatic rings. The van der Waals surface area contributed by atoms with Crippen LogP contribution in [0.4, 0.5) is 0 Å². The van der Waals surface area contributed by atoms with E-state index in [4.69, 9.17) is 4.74 Å². The zero-order valence-corrected chi connectivity index (χ0v) is 19.9. The van der Waals surface area contributed by atoms with Crippen LogP contribution in [0.15, 0.2) is 30.7 Å². The average molecular weight is 449 g/mol. The second-order valence-corrected chi connectivity index (χ2v) is 10.4. The number of rotatable bonds is 7. The van der Waals surface area contributed by atoms with E-state index in [0.717, 1.165) is 74.8 Å². The van der Waals surface area contributed by atoms with E-state index in [-0.39, 0.29) is 12.0 Å². The first kappa shape index (κ1) is 22.5. The first-order valence-electron chi connectivity index (χ1n) is 12.7. The Kier molecular flexibility index (Phi) is 6.74. The molecule has 0 radical (unpaired) electrons. The lowest BCUT2D eigenvalue weighted by Gasteiger charge is -2.34. The number of nitrogens with one attached hydrogen (secondary N) is 1. The first-order valence-corrected chi connectivity index (χ1v) is 12.7. The van der Waals surface area contributed by atoms with Gasteiger partial charge in [0.25, 0.3) is 0 Å². The summed E-state index contributed by atoms with van der Waals surface area (Å²) in [5.41, 5.74) is 3.23. The molecule has 0 aromatic carbocycles. The number of aromatic amines is 1. The van der Waals surface area contributed by atoms with E-state index in [1.165, 1.54) is 10.9 Å². The van der Waals surface area contributed by atoms with Crippen molar-refractivity contribution in [2.45, 2.75) is 64.4 Å². The number of H-pyrrole nitrogens is 1. The molecule has 2 fully saturated rings. The van der Waals surface area contributed by atoms with Crippen LogP contribution in [0.5, 0.6) is 0 Å². The van der Waals surface area contributed by atoms with Crippen LogP contribution in [-0.2, 0) is 9.53 Å². The minimum atomic E-state index is 0.195. The zero-order valence-electron chi connectivity index (χ0n) is 19.9. The number of carbonyl (C=O) groups excluding carboxylic acids is 1. The number of aromatic nitrogens is 3. The molecule has 3 aromatic rings. The summed E-state index contributed by atoms with van der Waals surface area (Å²) in [4.78, 5) is 27.7. The van der Waals surface area contributed by atoms with Gasteiger partial charge in [0.1, 0.15) is 11.4 Å². The van der Waals surface area contributed by atoms with E-state index in [0.29, 0.717) is 24.2 Å². The quantitative estimate of drug-likeness (QED) is 0.545. The maximum atomic E-state index is 13.1. The normalized spacial score (nSPS) is 24.6. The number of ketones is 1. The molecular formula is C27H36N4O2. The maximum absolute atomic E-state index is 13.1. The summed E-state index contributed by atoms with van der Waals surface area (Å²) in [5, 5.41) is 2.37. The van der Waals surface area contributed by atoms with Gasteiger partial charge in [0.05, 0.1) is 24.4 Å². The van der Waals surface area contributed by atoms with Crippen LogP contribution in [0.3, 0.4) is 0 Å². The maximum Gasteiger partial charge on any atom is 0.149 e. The van der Waals surface area contributed by atoms with Crippen molar-refractivity contribution in [3.8, 4) is 0 Å². The van der Waals surface area contributed by atoms with Crippen LogP contribution in [0.1, 0.15) is 63.9 Å². The summed E-state index contributed by atoms with van der Waals surface area (Å²) in [7, 11) is 0. The lowest BCUT2D eigenvalue weighted by Crippen LogP contribution is -2.44. The van der Waals surface area contributed by atoms with E-state index in [9.17, 15) is 4.79 Å². The highest BCUT2D eigenvalue weighted by atomic mass is 16.5. The molecule has 1 N–H and O–H groups in total. The Morgan fingerprint density at radius 1 is 1.18 bits per heavy atom. The molecular weight excluding hydrogens is 412 g/mol. The Labute approximate surface area is 196 Å². The van der Waals surface area contributed by atoms with Gasteiger partial charge in [0, 0.05) is 42.2 Å². The Hall–Kier alpha value is -2.31. The fourth-order valence-corrected chi connectivity index (χ4v) is 5.72. The molecule has 176 valence electrons. The molecule has 0 spiro atoms. The molecule has 3 aromatic heterocycles. The van der Waals surface area contributed by atoms with Crippen molar-refractivity contribution in [1.29, 1.82) is 0 Å². The van der Waals surface area contributed by atoms with Gasteiger partial charge in [-0.05, 0) is 74.6 Å². The Morgan fingerprint density at radius 2 is 2.03 bits per heavy atom. The third kappa shape index (κ3) is 4.97. The summed E-state index contributed by atoms with van der Waals surface area (Å²) in [6.45, 7) is 7.69. The van der Waals surface area contributed by atoms with Gasteiger partial charge in [-0.25, -0.2) is 4.98 Å². The molecule has 0 amide bonds. The van der Waals surface area contributed by atoms with Gasteiger partial charge < -0.3 is 9.72 Å². The zero-order chi connectivity index (χ0) is 22.8. The van der Waals surface area contributed by atoms with Crippen LogP contribution >= 0.6 is 0 Å². The van der Waals surface area contributed by atoms with Crippen molar-refractivity contribution in [2.75, 3.05) is 26.2 Å². The van der Waals surface area contributed by atoms with Gasteiger partial charge in [0.15, 0.2) is 0 Å². The highest BCUT2D eigenvalue weighted by molar-refractivity contribution is 6.05. The molecule has 33 heavy (non-hydrogen) atoms. The van der Waals surface area contributed by atoms with Crippen molar-refractivity contribution < 1.29 is 9.53 Å². The fraction of sp³-hybridized carbons (Fsp3) is 0.593. The molecule has 5 rings (SSSR count). The second-order valence-electron chi connectivity index (χ2n) is 10.4. The SMILES string of the molecule is CC(C)COC1CCCN(CC(=O)C2CCC(c3ccnc4cnc5[nH]ccc5c34)CC2)C1. The van der Waals surface area contributed by atoms with Crippen LogP contribution in [-0.4, -0.2) is 58.0 Å². The lowest BCUT2D eigenvalue weighted by atomic mass is 9.76. The van der Waals surface area contributed by atoms with E-state index >= 15 is 0 Å². The van der Waals surface area contributed by atoms with E-state index < -0.39 is 0 Å². The summed E-state index contributed by atoms with van der Waals surface area (Å²) < 4.78 is 6.06. The van der Waals surface area contributed by atoms with Gasteiger partial charge in [-0.1, -0.05) is 13.8 Å². The minimum Gasteiger partial charge on any atom is -0.377 e. The predicted molar refractivity (Wildman–Crippen MR) is 131 cm³/mol. The molecule has 1 saturated carbocycles. The monoisotopic (exact) mass is 448 g/mol. The summed E-state index contributed by atoms with van der Waals surface area (Å²) in [6.07, 6.45) is 12.3. The summed E-state index contributed by atoms with van der Waals surface area (Å²) in [6, 6.07) is 4.27. The third-order valence-corrected chi connectivity index (χ3v) is 7.45. The molecule has 1 unspecified atom stereocenters. The molecule has 6 heteroatoms.